The van der Waals surface area contributed by atoms with Crippen LogP contribution in [0.4, 0.5) is 5.69 Å². The number of carbonyl (C=O) groups excluding carboxylic acids is 1. The van der Waals surface area contributed by atoms with Crippen LogP contribution in [0.2, 0.25) is 0 Å². The van der Waals surface area contributed by atoms with Gasteiger partial charge >= 0.3 is 5.97 Å². The van der Waals surface area contributed by atoms with Crippen LogP contribution >= 0.6 is 0 Å². The van der Waals surface area contributed by atoms with E-state index in [1.807, 2.05) is 25.1 Å². The lowest BCUT2D eigenvalue weighted by molar-refractivity contribution is -0.142. The summed E-state index contributed by atoms with van der Waals surface area (Å²) < 4.78 is 10.4. The molecule has 20 heavy (non-hydrogen) atoms. The first kappa shape index (κ1) is 14.7. The van der Waals surface area contributed by atoms with E-state index in [1.54, 1.807) is 0 Å². The summed E-state index contributed by atoms with van der Waals surface area (Å²) in [5, 5.41) is 0. The molecule has 1 aliphatic heterocycles. The standard InChI is InChI=1S/C15H22N2O3/c1-3-20-14-7-5-4-6-13(14)17-10-8-16(9-11-17)12-15(18)19-2/h4-7H,3,8-12H2,1-2H3. The zero-order chi connectivity index (χ0) is 14.4. The van der Waals surface area contributed by atoms with Crippen LogP contribution in [0.1, 0.15) is 6.92 Å². The van der Waals surface area contributed by atoms with Gasteiger partial charge in [-0.1, -0.05) is 12.1 Å². The van der Waals surface area contributed by atoms with Gasteiger partial charge in [0.1, 0.15) is 5.75 Å². The summed E-state index contributed by atoms with van der Waals surface area (Å²) >= 11 is 0. The minimum atomic E-state index is -0.173. The Morgan fingerprint density at radius 1 is 1.20 bits per heavy atom. The van der Waals surface area contributed by atoms with Crippen LogP contribution in [0.3, 0.4) is 0 Å². The molecule has 1 aromatic rings. The van der Waals surface area contributed by atoms with Gasteiger partial charge in [-0.15, -0.1) is 0 Å². The van der Waals surface area contributed by atoms with Crippen molar-refractivity contribution in [1.82, 2.24) is 4.90 Å². The lowest BCUT2D eigenvalue weighted by atomic mass is 10.2. The molecule has 5 nitrogen and oxygen atoms in total. The Hall–Kier alpha value is -1.75. The van der Waals surface area contributed by atoms with Gasteiger partial charge in [0.15, 0.2) is 0 Å². The number of esters is 1. The Balaban J connectivity index is 1.95. The first-order valence-corrected chi connectivity index (χ1v) is 7.00. The average molecular weight is 278 g/mol. The molecular weight excluding hydrogens is 256 g/mol. The van der Waals surface area contributed by atoms with E-state index in [0.29, 0.717) is 13.2 Å². The fraction of sp³-hybridized carbons (Fsp3) is 0.533. The largest absolute Gasteiger partial charge is 0.492 e. The molecule has 0 saturated carbocycles. The molecule has 1 saturated heterocycles. The van der Waals surface area contributed by atoms with Crippen molar-refractivity contribution >= 4 is 11.7 Å². The van der Waals surface area contributed by atoms with Crippen molar-refractivity contribution in [2.24, 2.45) is 0 Å². The summed E-state index contributed by atoms with van der Waals surface area (Å²) in [6, 6.07) is 8.10. The minimum absolute atomic E-state index is 0.173. The molecule has 0 atom stereocenters. The Kier molecular flexibility index (Phi) is 5.24. The van der Waals surface area contributed by atoms with Gasteiger partial charge in [0.2, 0.25) is 0 Å². The third kappa shape index (κ3) is 3.63. The van der Waals surface area contributed by atoms with Crippen LogP contribution < -0.4 is 9.64 Å². The zero-order valence-corrected chi connectivity index (χ0v) is 12.2. The van der Waals surface area contributed by atoms with Crippen molar-refractivity contribution in [3.63, 3.8) is 0 Å². The average Bonchev–Trinajstić information content (AvgIpc) is 2.49. The van der Waals surface area contributed by atoms with Gasteiger partial charge in [-0.3, -0.25) is 9.69 Å². The van der Waals surface area contributed by atoms with Crippen LogP contribution in [-0.2, 0) is 9.53 Å². The molecular formula is C15H22N2O3. The van der Waals surface area contributed by atoms with Crippen molar-refractivity contribution in [2.45, 2.75) is 6.92 Å². The highest BCUT2D eigenvalue weighted by molar-refractivity contribution is 5.71. The third-order valence-corrected chi connectivity index (χ3v) is 3.46. The fourth-order valence-corrected chi connectivity index (χ4v) is 2.39. The van der Waals surface area contributed by atoms with E-state index in [0.717, 1.165) is 37.6 Å². The Labute approximate surface area is 120 Å². The predicted octanol–water partition coefficient (Wildman–Crippen LogP) is 1.38. The molecule has 0 amide bonds. The monoisotopic (exact) mass is 278 g/mol. The second-order valence-electron chi connectivity index (χ2n) is 4.74. The molecule has 0 spiro atoms. The Morgan fingerprint density at radius 2 is 1.90 bits per heavy atom. The van der Waals surface area contributed by atoms with Gasteiger partial charge in [-0.25, -0.2) is 0 Å². The van der Waals surface area contributed by atoms with Gasteiger partial charge < -0.3 is 14.4 Å². The Morgan fingerprint density at radius 3 is 2.55 bits per heavy atom. The van der Waals surface area contributed by atoms with Gasteiger partial charge in [-0.05, 0) is 19.1 Å². The molecule has 110 valence electrons. The number of para-hydroxylation sites is 2. The molecule has 5 heteroatoms. The summed E-state index contributed by atoms with van der Waals surface area (Å²) in [5.41, 5.74) is 1.13. The molecule has 0 N–H and O–H groups in total. The van der Waals surface area contributed by atoms with E-state index in [1.165, 1.54) is 7.11 Å². The van der Waals surface area contributed by atoms with Gasteiger partial charge in [0, 0.05) is 26.2 Å². The smallest absolute Gasteiger partial charge is 0.319 e. The van der Waals surface area contributed by atoms with Crippen molar-refractivity contribution in [3.8, 4) is 5.75 Å². The molecule has 2 rings (SSSR count). The highest BCUT2D eigenvalue weighted by atomic mass is 16.5. The Bertz CT molecular complexity index is 442. The number of methoxy groups -OCH3 is 1. The summed E-state index contributed by atoms with van der Waals surface area (Å²) in [5.74, 6) is 0.754. The molecule has 1 fully saturated rings. The van der Waals surface area contributed by atoms with Crippen LogP contribution in [-0.4, -0.2) is 57.3 Å². The van der Waals surface area contributed by atoms with Crippen LogP contribution in [0.5, 0.6) is 5.75 Å². The van der Waals surface area contributed by atoms with E-state index in [2.05, 4.69) is 15.9 Å². The molecule has 0 unspecified atom stereocenters. The van der Waals surface area contributed by atoms with Gasteiger partial charge in [0.05, 0.1) is 25.9 Å². The lowest BCUT2D eigenvalue weighted by Crippen LogP contribution is -2.48. The number of piperazine rings is 1. The maximum Gasteiger partial charge on any atom is 0.319 e. The first-order chi connectivity index (χ1) is 9.74. The maximum absolute atomic E-state index is 11.3. The van der Waals surface area contributed by atoms with Crippen LogP contribution in [0, 0.1) is 0 Å². The molecule has 0 aliphatic carbocycles. The summed E-state index contributed by atoms with van der Waals surface area (Å²) in [6.07, 6.45) is 0. The number of anilines is 1. The van der Waals surface area contributed by atoms with Crippen molar-refractivity contribution in [1.29, 1.82) is 0 Å². The maximum atomic E-state index is 11.3. The summed E-state index contributed by atoms with van der Waals surface area (Å²) in [7, 11) is 1.43. The number of ether oxygens (including phenoxy) is 2. The SMILES string of the molecule is CCOc1ccccc1N1CCN(CC(=O)OC)CC1. The van der Waals surface area contributed by atoms with E-state index < -0.39 is 0 Å². The van der Waals surface area contributed by atoms with E-state index in [9.17, 15) is 4.79 Å². The van der Waals surface area contributed by atoms with Crippen molar-refractivity contribution in [3.05, 3.63) is 24.3 Å². The molecule has 0 bridgehead atoms. The van der Waals surface area contributed by atoms with Crippen LogP contribution in [0.15, 0.2) is 24.3 Å². The lowest BCUT2D eigenvalue weighted by Gasteiger charge is -2.36. The fourth-order valence-electron chi connectivity index (χ4n) is 2.39. The van der Waals surface area contributed by atoms with Gasteiger partial charge in [-0.2, -0.15) is 0 Å². The zero-order valence-electron chi connectivity index (χ0n) is 12.2. The number of nitrogens with zero attached hydrogens (tertiary/aromatic N) is 2. The number of rotatable bonds is 5. The number of benzene rings is 1. The highest BCUT2D eigenvalue weighted by Gasteiger charge is 2.21. The summed E-state index contributed by atoms with van der Waals surface area (Å²) in [6.45, 7) is 6.52. The van der Waals surface area contributed by atoms with Crippen molar-refractivity contribution < 1.29 is 14.3 Å². The molecule has 0 radical (unpaired) electrons. The van der Waals surface area contributed by atoms with Crippen LogP contribution in [0.25, 0.3) is 0 Å². The van der Waals surface area contributed by atoms with E-state index in [-0.39, 0.29) is 5.97 Å². The second kappa shape index (κ2) is 7.14. The first-order valence-electron chi connectivity index (χ1n) is 7.00. The van der Waals surface area contributed by atoms with E-state index in [4.69, 9.17) is 9.47 Å². The molecule has 0 aromatic heterocycles. The molecule has 1 aliphatic rings. The number of carbonyl (C=O) groups is 1. The predicted molar refractivity (Wildman–Crippen MR) is 78.3 cm³/mol. The second-order valence-corrected chi connectivity index (χ2v) is 4.74. The minimum Gasteiger partial charge on any atom is -0.492 e. The highest BCUT2D eigenvalue weighted by Crippen LogP contribution is 2.28. The van der Waals surface area contributed by atoms with Gasteiger partial charge in [0.25, 0.3) is 0 Å². The van der Waals surface area contributed by atoms with E-state index >= 15 is 0 Å². The summed E-state index contributed by atoms with van der Waals surface area (Å²) in [4.78, 5) is 15.7. The normalized spacial score (nSPS) is 16.0. The number of hydrogen-bond donors (Lipinski definition) is 0. The van der Waals surface area contributed by atoms with Crippen molar-refractivity contribution in [2.75, 3.05) is 51.3 Å². The molecule has 1 aromatic carbocycles. The topological polar surface area (TPSA) is 42.0 Å². The number of hydrogen-bond acceptors (Lipinski definition) is 5. The third-order valence-electron chi connectivity index (χ3n) is 3.46. The molecule has 1 heterocycles. The quantitative estimate of drug-likeness (QED) is 0.761.